The first-order valence-corrected chi connectivity index (χ1v) is 8.59. The molecule has 0 unspecified atom stereocenters. The first kappa shape index (κ1) is 9.23. The first-order valence-electron chi connectivity index (χ1n) is 1.94. The van der Waals surface area contributed by atoms with Crippen LogP contribution in [0.1, 0.15) is 0 Å². The third-order valence-corrected chi connectivity index (χ3v) is 4.27. The Bertz CT molecular complexity index is 221. The van der Waals surface area contributed by atoms with Crippen LogP contribution in [0.3, 0.4) is 0 Å². The van der Waals surface area contributed by atoms with E-state index in [9.17, 15) is 12.2 Å². The molecule has 0 heterocycles. The van der Waals surface area contributed by atoms with Gasteiger partial charge in [0.1, 0.15) is 0 Å². The van der Waals surface area contributed by atoms with E-state index in [2.05, 4.69) is 3.17 Å². The molecule has 0 aliphatic carbocycles. The van der Waals surface area contributed by atoms with Crippen LogP contribution in [-0.4, -0.2) is 26.8 Å². The van der Waals surface area contributed by atoms with Gasteiger partial charge in [-0.15, -0.1) is 0 Å². The average molecular weight is 218 g/mol. The fourth-order valence-corrected chi connectivity index (χ4v) is 3.54. The molecular weight excluding hydrogens is 211 g/mol. The van der Waals surface area contributed by atoms with Gasteiger partial charge in [-0.2, -0.15) is 0 Å². The second kappa shape index (κ2) is 2.46. The molecular formula is C2H7AsO5S. The molecule has 0 atom stereocenters. The molecule has 0 rings (SSSR count). The first-order chi connectivity index (χ1) is 3.71. The second-order valence-electron chi connectivity index (χ2n) is 1.75. The van der Waals surface area contributed by atoms with E-state index in [1.165, 1.54) is 0 Å². The van der Waals surface area contributed by atoms with Gasteiger partial charge in [0.15, 0.2) is 0 Å². The number of rotatable bonds is 2. The fraction of sp³-hybridized carbons (Fsp3) is 1.00. The summed E-state index contributed by atoms with van der Waals surface area (Å²) in [6, 6.07) is 0. The van der Waals surface area contributed by atoms with Gasteiger partial charge in [-0.25, -0.2) is 0 Å². The Morgan fingerprint density at radius 2 is 1.78 bits per heavy atom. The van der Waals surface area contributed by atoms with E-state index in [1.54, 1.807) is 0 Å². The van der Waals surface area contributed by atoms with Gasteiger partial charge in [-0.05, 0) is 0 Å². The van der Waals surface area contributed by atoms with E-state index in [-0.39, 0.29) is 0 Å². The van der Waals surface area contributed by atoms with Crippen molar-refractivity contribution in [2.75, 3.05) is 0 Å². The Morgan fingerprint density at radius 1 is 1.44 bits per heavy atom. The molecule has 0 bridgehead atoms. The zero-order valence-corrected chi connectivity index (χ0v) is 7.63. The molecule has 0 aromatic heterocycles. The zero-order valence-electron chi connectivity index (χ0n) is 4.94. The third kappa shape index (κ3) is 8.23. The van der Waals surface area contributed by atoms with Crippen LogP contribution in [0, 0.1) is 0 Å². The molecule has 9 heavy (non-hydrogen) atoms. The summed E-state index contributed by atoms with van der Waals surface area (Å²) in [5, 5.41) is 0. The SMILES string of the molecule is C[As](C)(=O)OS(=O)(=O)O. The molecule has 0 aromatic rings. The Kier molecular flexibility index (Phi) is 2.52. The van der Waals surface area contributed by atoms with E-state index >= 15 is 0 Å². The van der Waals surface area contributed by atoms with Crippen molar-refractivity contribution in [1.82, 2.24) is 0 Å². The molecule has 1 N–H and O–H groups in total. The van der Waals surface area contributed by atoms with E-state index in [0.717, 1.165) is 11.4 Å². The van der Waals surface area contributed by atoms with Crippen molar-refractivity contribution < 1.29 is 19.9 Å². The summed E-state index contributed by atoms with van der Waals surface area (Å²) in [4.78, 5) is 0. The molecule has 0 saturated carbocycles. The molecule has 5 nitrogen and oxygen atoms in total. The van der Waals surface area contributed by atoms with Crippen molar-refractivity contribution in [3.05, 3.63) is 0 Å². The summed E-state index contributed by atoms with van der Waals surface area (Å²) in [5.74, 6) is 0. The predicted molar refractivity (Wildman–Crippen MR) is 30.8 cm³/mol. The molecule has 0 saturated heterocycles. The molecule has 0 aliphatic heterocycles. The molecule has 0 radical (unpaired) electrons. The predicted octanol–water partition coefficient (Wildman–Crippen LogP) is -0.0619. The van der Waals surface area contributed by atoms with Crippen LogP contribution in [0.5, 0.6) is 0 Å². The maximum absolute atomic E-state index is 10.5. The monoisotopic (exact) mass is 218 g/mol. The van der Waals surface area contributed by atoms with Gasteiger partial charge in [0.05, 0.1) is 0 Å². The Labute approximate surface area is 56.0 Å². The second-order valence-corrected chi connectivity index (χ2v) is 8.95. The maximum atomic E-state index is 10.5. The molecule has 0 aromatic carbocycles. The van der Waals surface area contributed by atoms with Gasteiger partial charge in [-0.3, -0.25) is 0 Å². The van der Waals surface area contributed by atoms with Crippen LogP contribution in [0.25, 0.3) is 0 Å². The summed E-state index contributed by atoms with van der Waals surface area (Å²) in [6.45, 7) is 0. The van der Waals surface area contributed by atoms with E-state index in [0.29, 0.717) is 0 Å². The molecule has 0 aliphatic rings. The van der Waals surface area contributed by atoms with Crippen LogP contribution in [0.15, 0.2) is 0 Å². The third-order valence-electron chi connectivity index (χ3n) is 0.274. The van der Waals surface area contributed by atoms with Crippen LogP contribution < -0.4 is 0 Å². The van der Waals surface area contributed by atoms with Crippen molar-refractivity contribution in [2.24, 2.45) is 0 Å². The Balaban J connectivity index is 4.26. The normalized spacial score (nSPS) is 13.7. The average Bonchev–Trinajstić information content (AvgIpc) is 1.14. The molecule has 56 valence electrons. The van der Waals surface area contributed by atoms with Crippen molar-refractivity contribution in [3.63, 3.8) is 0 Å². The summed E-state index contributed by atoms with van der Waals surface area (Å²) >= 11 is -3.68. The van der Waals surface area contributed by atoms with Crippen LogP contribution in [0.4, 0.5) is 0 Å². The van der Waals surface area contributed by atoms with Crippen molar-refractivity contribution in [1.29, 1.82) is 0 Å². The number of hydrogen-bond donors (Lipinski definition) is 1. The van der Waals surface area contributed by atoms with Gasteiger partial charge < -0.3 is 0 Å². The Hall–Kier alpha value is 0.228. The quantitative estimate of drug-likeness (QED) is 0.518. The van der Waals surface area contributed by atoms with Crippen molar-refractivity contribution >= 4 is 24.2 Å². The van der Waals surface area contributed by atoms with E-state index in [1.807, 2.05) is 0 Å². The van der Waals surface area contributed by atoms with Crippen LogP contribution in [-0.2, 0) is 17.3 Å². The molecule has 7 heteroatoms. The summed E-state index contributed by atoms with van der Waals surface area (Å²) in [7, 11) is -4.52. The zero-order chi connectivity index (χ0) is 7.71. The standard InChI is InChI=1S/C2H7AsO5S/c1-3(2,4)8-9(5,6)7/h1-2H3,(H,5,6,7). The molecule has 0 spiro atoms. The van der Waals surface area contributed by atoms with Gasteiger partial charge in [-0.1, -0.05) is 0 Å². The van der Waals surface area contributed by atoms with Crippen LogP contribution in [0.2, 0.25) is 11.4 Å². The van der Waals surface area contributed by atoms with E-state index in [4.69, 9.17) is 4.55 Å². The topological polar surface area (TPSA) is 80.7 Å². The van der Waals surface area contributed by atoms with E-state index < -0.39 is 24.2 Å². The minimum atomic E-state index is -4.52. The fourth-order valence-electron chi connectivity index (χ4n) is 0.227. The van der Waals surface area contributed by atoms with Crippen LogP contribution >= 0.6 is 0 Å². The molecule has 0 amide bonds. The summed E-state index contributed by atoms with van der Waals surface area (Å²) < 4.78 is 41.9. The van der Waals surface area contributed by atoms with Gasteiger partial charge in [0, 0.05) is 0 Å². The van der Waals surface area contributed by atoms with Gasteiger partial charge in [0.25, 0.3) is 0 Å². The Morgan fingerprint density at radius 3 is 1.78 bits per heavy atom. The summed E-state index contributed by atoms with van der Waals surface area (Å²) in [6.07, 6.45) is 0. The van der Waals surface area contributed by atoms with Crippen molar-refractivity contribution in [3.8, 4) is 0 Å². The molecule has 0 fully saturated rings. The van der Waals surface area contributed by atoms with Gasteiger partial charge in [0.2, 0.25) is 0 Å². The van der Waals surface area contributed by atoms with Crippen molar-refractivity contribution in [2.45, 2.75) is 11.4 Å². The minimum absolute atomic E-state index is 1.14. The van der Waals surface area contributed by atoms with Gasteiger partial charge >= 0.3 is 55.5 Å². The number of hydrogen-bond acceptors (Lipinski definition) is 4. The summed E-state index contributed by atoms with van der Waals surface area (Å²) in [5.41, 5.74) is 2.29.